The summed E-state index contributed by atoms with van der Waals surface area (Å²) in [5.74, 6) is 1.61. The van der Waals surface area contributed by atoms with Crippen molar-refractivity contribution in [1.82, 2.24) is 10.2 Å². The van der Waals surface area contributed by atoms with Crippen LogP contribution in [-0.2, 0) is 11.2 Å². The van der Waals surface area contributed by atoms with Crippen molar-refractivity contribution in [1.29, 1.82) is 0 Å². The predicted molar refractivity (Wildman–Crippen MR) is 119 cm³/mol. The van der Waals surface area contributed by atoms with E-state index in [1.807, 2.05) is 53.4 Å². The van der Waals surface area contributed by atoms with Gasteiger partial charge in [0.25, 0.3) is 5.91 Å². The number of hydrogen-bond acceptors (Lipinski definition) is 3. The third kappa shape index (κ3) is 4.06. The van der Waals surface area contributed by atoms with E-state index in [4.69, 9.17) is 4.74 Å². The number of hydrogen-bond donors (Lipinski definition) is 1. The first-order valence-electron chi connectivity index (χ1n) is 11.6. The van der Waals surface area contributed by atoms with Crippen LogP contribution in [0.2, 0.25) is 0 Å². The summed E-state index contributed by atoms with van der Waals surface area (Å²) in [5.41, 5.74) is 1.87. The van der Waals surface area contributed by atoms with Gasteiger partial charge in [-0.2, -0.15) is 0 Å². The second kappa shape index (κ2) is 8.74. The standard InChI is InChI=1S/C26H30N2O3/c29-25(27-16-18-14-21-11-5-7-13-24(21)31-17-18)23-15-20-10-4-6-12-22(20)28(23)26(30)19-8-2-1-3-9-19/h1-3,5,7-9,11,13,18,20,22-23H,4,6,10,12,14-17H2,(H,27,29). The van der Waals surface area contributed by atoms with Crippen molar-refractivity contribution in [2.45, 2.75) is 50.6 Å². The average Bonchev–Trinajstić information content (AvgIpc) is 3.22. The van der Waals surface area contributed by atoms with Crippen molar-refractivity contribution >= 4 is 11.8 Å². The summed E-state index contributed by atoms with van der Waals surface area (Å²) in [7, 11) is 0. The quantitative estimate of drug-likeness (QED) is 0.821. The number of benzene rings is 2. The monoisotopic (exact) mass is 418 g/mol. The topological polar surface area (TPSA) is 58.6 Å². The van der Waals surface area contributed by atoms with E-state index in [1.54, 1.807) is 0 Å². The Labute approximate surface area is 183 Å². The van der Waals surface area contributed by atoms with Crippen molar-refractivity contribution in [2.24, 2.45) is 11.8 Å². The Bertz CT molecular complexity index is 945. The number of para-hydroxylation sites is 1. The zero-order valence-electron chi connectivity index (χ0n) is 17.8. The van der Waals surface area contributed by atoms with Crippen LogP contribution >= 0.6 is 0 Å². The van der Waals surface area contributed by atoms with Crippen molar-refractivity contribution in [3.05, 3.63) is 65.7 Å². The summed E-state index contributed by atoms with van der Waals surface area (Å²) >= 11 is 0. The molecule has 0 spiro atoms. The molecule has 0 bridgehead atoms. The summed E-state index contributed by atoms with van der Waals surface area (Å²) in [6, 6.07) is 17.3. The van der Waals surface area contributed by atoms with Crippen LogP contribution in [-0.4, -0.2) is 41.9 Å². The van der Waals surface area contributed by atoms with Crippen LogP contribution in [0.4, 0.5) is 0 Å². The minimum absolute atomic E-state index is 0.00919. The van der Waals surface area contributed by atoms with Gasteiger partial charge in [0.05, 0.1) is 6.61 Å². The molecule has 2 amide bonds. The number of rotatable bonds is 4. The Morgan fingerprint density at radius 2 is 1.77 bits per heavy atom. The molecule has 31 heavy (non-hydrogen) atoms. The Kier molecular flexibility index (Phi) is 5.66. The third-order valence-corrected chi connectivity index (χ3v) is 7.17. The third-order valence-electron chi connectivity index (χ3n) is 7.17. The fraction of sp³-hybridized carbons (Fsp3) is 0.462. The number of ether oxygens (including phenoxy) is 1. The van der Waals surface area contributed by atoms with Crippen LogP contribution in [0.5, 0.6) is 5.75 Å². The molecule has 2 heterocycles. The Balaban J connectivity index is 1.28. The summed E-state index contributed by atoms with van der Waals surface area (Å²) < 4.78 is 5.87. The lowest BCUT2D eigenvalue weighted by Crippen LogP contribution is -2.50. The number of nitrogens with one attached hydrogen (secondary N) is 1. The van der Waals surface area contributed by atoms with E-state index in [0.717, 1.165) is 37.9 Å². The Morgan fingerprint density at radius 1 is 1.00 bits per heavy atom. The number of carbonyl (C=O) groups is 2. The Hall–Kier alpha value is -2.82. The van der Waals surface area contributed by atoms with Crippen molar-refractivity contribution in [2.75, 3.05) is 13.2 Å². The summed E-state index contributed by atoms with van der Waals surface area (Å²) in [6.07, 6.45) is 6.12. The number of nitrogens with zero attached hydrogens (tertiary/aromatic N) is 1. The van der Waals surface area contributed by atoms with Crippen LogP contribution in [0.3, 0.4) is 0 Å². The smallest absolute Gasteiger partial charge is 0.254 e. The van der Waals surface area contributed by atoms with Crippen LogP contribution in [0.15, 0.2) is 54.6 Å². The molecule has 0 aromatic heterocycles. The molecule has 2 fully saturated rings. The number of carbonyl (C=O) groups excluding carboxylic acids is 2. The van der Waals surface area contributed by atoms with Crippen molar-refractivity contribution in [3.8, 4) is 5.75 Å². The highest BCUT2D eigenvalue weighted by Gasteiger charge is 2.47. The second-order valence-electron chi connectivity index (χ2n) is 9.18. The minimum Gasteiger partial charge on any atom is -0.493 e. The molecule has 1 saturated heterocycles. The molecule has 1 N–H and O–H groups in total. The first kappa shape index (κ1) is 20.1. The SMILES string of the molecule is O=C(NCC1COc2ccccc2C1)C1CC2CCCCC2N1C(=O)c1ccccc1. The molecule has 5 heteroatoms. The summed E-state index contributed by atoms with van der Waals surface area (Å²) in [6.45, 7) is 1.19. The van der Waals surface area contributed by atoms with E-state index in [2.05, 4.69) is 11.4 Å². The molecular formula is C26H30N2O3. The molecule has 0 radical (unpaired) electrons. The fourth-order valence-corrected chi connectivity index (χ4v) is 5.60. The maximum Gasteiger partial charge on any atom is 0.254 e. The van der Waals surface area contributed by atoms with Crippen LogP contribution in [0.1, 0.15) is 48.0 Å². The first-order valence-corrected chi connectivity index (χ1v) is 11.6. The highest BCUT2D eigenvalue weighted by molar-refractivity contribution is 5.98. The zero-order chi connectivity index (χ0) is 21.2. The average molecular weight is 419 g/mol. The minimum atomic E-state index is -0.377. The number of amides is 2. The zero-order valence-corrected chi connectivity index (χ0v) is 17.8. The van der Waals surface area contributed by atoms with E-state index >= 15 is 0 Å². The molecule has 5 nitrogen and oxygen atoms in total. The van der Waals surface area contributed by atoms with Gasteiger partial charge in [0.2, 0.25) is 5.91 Å². The second-order valence-corrected chi connectivity index (χ2v) is 9.18. The maximum atomic E-state index is 13.4. The molecule has 162 valence electrons. The van der Waals surface area contributed by atoms with Gasteiger partial charge in [0, 0.05) is 24.1 Å². The predicted octanol–water partition coefficient (Wildman–Crippen LogP) is 3.83. The van der Waals surface area contributed by atoms with Gasteiger partial charge in [-0.15, -0.1) is 0 Å². The largest absolute Gasteiger partial charge is 0.493 e. The van der Waals surface area contributed by atoms with E-state index in [1.165, 1.54) is 12.0 Å². The van der Waals surface area contributed by atoms with Crippen LogP contribution in [0.25, 0.3) is 0 Å². The molecule has 4 atom stereocenters. The van der Waals surface area contributed by atoms with E-state index in [-0.39, 0.29) is 29.8 Å². The van der Waals surface area contributed by atoms with Gasteiger partial charge >= 0.3 is 0 Å². The lowest BCUT2D eigenvalue weighted by atomic mass is 9.84. The highest BCUT2D eigenvalue weighted by Crippen LogP contribution is 2.40. The van der Waals surface area contributed by atoms with Crippen LogP contribution in [0, 0.1) is 11.8 Å². The lowest BCUT2D eigenvalue weighted by Gasteiger charge is -2.34. The van der Waals surface area contributed by atoms with Gasteiger partial charge in [-0.1, -0.05) is 49.2 Å². The molecular weight excluding hydrogens is 388 g/mol. The van der Waals surface area contributed by atoms with E-state index in [0.29, 0.717) is 24.6 Å². The summed E-state index contributed by atoms with van der Waals surface area (Å²) in [5, 5.41) is 3.16. The van der Waals surface area contributed by atoms with Gasteiger partial charge in [-0.25, -0.2) is 0 Å². The fourth-order valence-electron chi connectivity index (χ4n) is 5.60. The highest BCUT2D eigenvalue weighted by atomic mass is 16.5. The molecule has 2 aromatic carbocycles. The summed E-state index contributed by atoms with van der Waals surface area (Å²) in [4.78, 5) is 28.6. The molecule has 3 aliphatic rings. The maximum absolute atomic E-state index is 13.4. The van der Waals surface area contributed by atoms with Crippen molar-refractivity contribution in [3.63, 3.8) is 0 Å². The molecule has 2 aliphatic heterocycles. The van der Waals surface area contributed by atoms with Gasteiger partial charge in [-0.3, -0.25) is 9.59 Å². The Morgan fingerprint density at radius 3 is 2.65 bits per heavy atom. The molecule has 1 saturated carbocycles. The normalized spacial score (nSPS) is 27.0. The number of likely N-dealkylation sites (tertiary alicyclic amines) is 1. The lowest BCUT2D eigenvalue weighted by molar-refractivity contribution is -0.125. The molecule has 5 rings (SSSR count). The first-order chi connectivity index (χ1) is 15.2. The number of fused-ring (bicyclic) bond motifs is 2. The van der Waals surface area contributed by atoms with Crippen LogP contribution < -0.4 is 10.1 Å². The van der Waals surface area contributed by atoms with E-state index < -0.39 is 0 Å². The van der Waals surface area contributed by atoms with E-state index in [9.17, 15) is 9.59 Å². The molecule has 4 unspecified atom stereocenters. The van der Waals surface area contributed by atoms with Gasteiger partial charge in [0.1, 0.15) is 11.8 Å². The van der Waals surface area contributed by atoms with Gasteiger partial charge in [-0.05, 0) is 55.4 Å². The van der Waals surface area contributed by atoms with Gasteiger partial charge in [0.15, 0.2) is 0 Å². The molecule has 2 aromatic rings. The molecule has 1 aliphatic carbocycles. The van der Waals surface area contributed by atoms with Gasteiger partial charge < -0.3 is 15.0 Å². The van der Waals surface area contributed by atoms with Crippen molar-refractivity contribution < 1.29 is 14.3 Å².